The number of hydrogen-bond acceptors (Lipinski definition) is 6. The molecule has 0 spiro atoms. The van der Waals surface area contributed by atoms with Gasteiger partial charge in [0.05, 0.1) is 16.6 Å². The third-order valence-corrected chi connectivity index (χ3v) is 13.9. The van der Waals surface area contributed by atoms with Crippen LogP contribution < -0.4 is 15.9 Å². The van der Waals surface area contributed by atoms with Crippen molar-refractivity contribution in [2.75, 3.05) is 0 Å². The molecule has 0 fully saturated rings. The van der Waals surface area contributed by atoms with E-state index < -0.39 is 7.14 Å². The molecule has 10 aromatic rings. The van der Waals surface area contributed by atoms with Crippen molar-refractivity contribution in [2.45, 2.75) is 0 Å². The molecule has 1 aliphatic heterocycles. The number of pyridine rings is 2. The van der Waals surface area contributed by atoms with E-state index in [-0.39, 0.29) is 0 Å². The van der Waals surface area contributed by atoms with Gasteiger partial charge in [0.25, 0.3) is 0 Å². The van der Waals surface area contributed by atoms with Gasteiger partial charge in [0.1, 0.15) is 0 Å². The SMILES string of the molecule is O=P1(c2ccccc2)c2ccccc2-c2ccc(-c3nc(-c4ccccc4)nc(-c4cccc(-c5cc6cc7ccccc7nc6c6ncccc56)c4)n3)cc21. The molecule has 0 saturated heterocycles. The maximum absolute atomic E-state index is 15.4. The van der Waals surface area contributed by atoms with Crippen molar-refractivity contribution in [3.05, 3.63) is 182 Å². The minimum Gasteiger partial charge on any atom is -0.309 e. The van der Waals surface area contributed by atoms with Crippen LogP contribution in [0.25, 0.3) is 89.1 Å². The molecule has 6 nitrogen and oxygen atoms in total. The fourth-order valence-corrected chi connectivity index (χ4v) is 11.2. The molecule has 1 atom stereocenters. The first kappa shape index (κ1) is 32.3. The molecule has 56 heavy (non-hydrogen) atoms. The molecule has 3 aromatic heterocycles. The summed E-state index contributed by atoms with van der Waals surface area (Å²) in [6, 6.07) is 58.9. The standard InChI is InChI=1S/C49H30N5OP/c55-56(37-18-5-2-6-19-37)43-23-10-8-20-38(43)39-25-24-35(30-44(39)56)49-53-47(31-13-3-1-4-14-31)52-48(54-49)34-17-11-16-32(27-34)41-29-36-28-33-15-7-9-22-42(33)51-45(36)46-40(41)21-12-26-50-46/h1-30H. The summed E-state index contributed by atoms with van der Waals surface area (Å²) in [6.07, 6.45) is 1.83. The van der Waals surface area contributed by atoms with E-state index in [2.05, 4.69) is 48.5 Å². The zero-order valence-corrected chi connectivity index (χ0v) is 30.8. The van der Waals surface area contributed by atoms with Crippen LogP contribution in [0.1, 0.15) is 0 Å². The normalized spacial score (nSPS) is 14.6. The molecule has 262 valence electrons. The molecule has 0 saturated carbocycles. The number of benzene rings is 7. The molecule has 0 amide bonds. The first-order valence-electron chi connectivity index (χ1n) is 18.5. The van der Waals surface area contributed by atoms with E-state index in [1.54, 1.807) is 0 Å². The fraction of sp³-hybridized carbons (Fsp3) is 0. The molecule has 7 heteroatoms. The zero-order valence-electron chi connectivity index (χ0n) is 29.9. The van der Waals surface area contributed by atoms with Crippen LogP contribution in [0.15, 0.2) is 182 Å². The Kier molecular flexibility index (Phi) is 7.34. The lowest BCUT2D eigenvalue weighted by Crippen LogP contribution is -2.20. The van der Waals surface area contributed by atoms with Crippen molar-refractivity contribution in [1.82, 2.24) is 24.9 Å². The summed E-state index contributed by atoms with van der Waals surface area (Å²) in [5, 5.41) is 5.58. The maximum Gasteiger partial charge on any atom is 0.172 e. The highest BCUT2D eigenvalue weighted by Gasteiger charge is 2.40. The second kappa shape index (κ2) is 12.7. The predicted molar refractivity (Wildman–Crippen MR) is 228 cm³/mol. The predicted octanol–water partition coefficient (Wildman–Crippen LogP) is 10.4. The number of rotatable bonds is 5. The van der Waals surface area contributed by atoms with Crippen LogP contribution in [0.2, 0.25) is 0 Å². The van der Waals surface area contributed by atoms with E-state index in [4.69, 9.17) is 24.9 Å². The number of aromatic nitrogens is 5. The van der Waals surface area contributed by atoms with E-state index in [9.17, 15) is 0 Å². The smallest absolute Gasteiger partial charge is 0.172 e. The Hall–Kier alpha value is -7.14. The Balaban J connectivity index is 1.09. The van der Waals surface area contributed by atoms with E-state index in [0.29, 0.717) is 17.5 Å². The lowest BCUT2D eigenvalue weighted by molar-refractivity contribution is 0.593. The number of fused-ring (bicyclic) bond motifs is 7. The third-order valence-electron chi connectivity index (χ3n) is 10.7. The van der Waals surface area contributed by atoms with Gasteiger partial charge in [-0.3, -0.25) is 4.98 Å². The van der Waals surface area contributed by atoms with Crippen molar-refractivity contribution in [3.63, 3.8) is 0 Å². The topological polar surface area (TPSA) is 81.5 Å². The second-order valence-corrected chi connectivity index (χ2v) is 16.7. The third kappa shape index (κ3) is 5.11. The second-order valence-electron chi connectivity index (χ2n) is 14.0. The van der Waals surface area contributed by atoms with Crippen LogP contribution in [0.5, 0.6) is 0 Å². The maximum atomic E-state index is 15.4. The van der Waals surface area contributed by atoms with Crippen molar-refractivity contribution >= 4 is 55.8 Å². The van der Waals surface area contributed by atoms with E-state index in [1.807, 2.05) is 134 Å². The van der Waals surface area contributed by atoms with Gasteiger partial charge in [-0.15, -0.1) is 0 Å². The van der Waals surface area contributed by atoms with Gasteiger partial charge in [0.2, 0.25) is 0 Å². The van der Waals surface area contributed by atoms with E-state index in [0.717, 1.165) is 87.6 Å². The van der Waals surface area contributed by atoms with Crippen LogP contribution in [0.4, 0.5) is 0 Å². The molecule has 1 unspecified atom stereocenters. The van der Waals surface area contributed by atoms with Gasteiger partial charge in [0.15, 0.2) is 24.6 Å². The highest BCUT2D eigenvalue weighted by molar-refractivity contribution is 7.86. The largest absolute Gasteiger partial charge is 0.309 e. The molecule has 0 N–H and O–H groups in total. The average Bonchev–Trinajstić information content (AvgIpc) is 3.54. The summed E-state index contributed by atoms with van der Waals surface area (Å²) >= 11 is 0. The van der Waals surface area contributed by atoms with E-state index >= 15 is 4.57 Å². The number of para-hydroxylation sites is 1. The molecule has 1 aliphatic rings. The lowest BCUT2D eigenvalue weighted by Gasteiger charge is -2.16. The highest BCUT2D eigenvalue weighted by atomic mass is 31.2. The first-order valence-corrected chi connectivity index (χ1v) is 20.2. The van der Waals surface area contributed by atoms with Gasteiger partial charge in [0, 0.05) is 55.0 Å². The molecule has 4 heterocycles. The van der Waals surface area contributed by atoms with E-state index in [1.165, 1.54) is 0 Å². The Morgan fingerprint density at radius 1 is 0.393 bits per heavy atom. The number of hydrogen-bond donors (Lipinski definition) is 0. The van der Waals surface area contributed by atoms with Gasteiger partial charge in [-0.1, -0.05) is 140 Å². The summed E-state index contributed by atoms with van der Waals surface area (Å²) in [4.78, 5) is 25.1. The lowest BCUT2D eigenvalue weighted by atomic mass is 9.96. The van der Waals surface area contributed by atoms with Crippen LogP contribution in [-0.4, -0.2) is 24.9 Å². The van der Waals surface area contributed by atoms with Crippen LogP contribution >= 0.6 is 7.14 Å². The van der Waals surface area contributed by atoms with Gasteiger partial charge >= 0.3 is 0 Å². The van der Waals surface area contributed by atoms with Crippen LogP contribution in [0, 0.1) is 0 Å². The molecule has 0 radical (unpaired) electrons. The molecule has 0 bridgehead atoms. The Bertz CT molecular complexity index is 3240. The van der Waals surface area contributed by atoms with Gasteiger partial charge < -0.3 is 4.57 Å². The summed E-state index contributed by atoms with van der Waals surface area (Å²) in [5.41, 5.74) is 9.21. The van der Waals surface area contributed by atoms with Crippen LogP contribution in [-0.2, 0) is 4.57 Å². The summed E-state index contributed by atoms with van der Waals surface area (Å²) in [5.74, 6) is 1.61. The van der Waals surface area contributed by atoms with Crippen molar-refractivity contribution in [1.29, 1.82) is 0 Å². The molecular weight excluding hydrogens is 706 g/mol. The summed E-state index contributed by atoms with van der Waals surface area (Å²) < 4.78 is 15.4. The molecule has 11 rings (SSSR count). The molecule has 0 aliphatic carbocycles. The van der Waals surface area contributed by atoms with Crippen molar-refractivity contribution in [2.24, 2.45) is 0 Å². The Morgan fingerprint density at radius 2 is 1.05 bits per heavy atom. The fourth-order valence-electron chi connectivity index (χ4n) is 8.07. The number of nitrogens with zero attached hydrogens (tertiary/aromatic N) is 5. The monoisotopic (exact) mass is 735 g/mol. The summed E-state index contributed by atoms with van der Waals surface area (Å²) in [6.45, 7) is 0. The molecular formula is C49H30N5OP. The van der Waals surface area contributed by atoms with Crippen molar-refractivity contribution < 1.29 is 4.57 Å². The Morgan fingerprint density at radius 3 is 1.89 bits per heavy atom. The van der Waals surface area contributed by atoms with Gasteiger partial charge in [-0.25, -0.2) is 19.9 Å². The van der Waals surface area contributed by atoms with Crippen LogP contribution in [0.3, 0.4) is 0 Å². The average molecular weight is 736 g/mol. The minimum absolute atomic E-state index is 0.510. The zero-order chi connectivity index (χ0) is 37.2. The van der Waals surface area contributed by atoms with Crippen molar-refractivity contribution in [3.8, 4) is 56.4 Å². The summed E-state index contributed by atoms with van der Waals surface area (Å²) in [7, 11) is -3.16. The first-order chi connectivity index (χ1) is 27.6. The molecule has 7 aromatic carbocycles. The van der Waals surface area contributed by atoms with Gasteiger partial charge in [-0.2, -0.15) is 0 Å². The Labute approximate surface area is 322 Å². The minimum atomic E-state index is -3.16. The quantitative estimate of drug-likeness (QED) is 0.0995. The highest BCUT2D eigenvalue weighted by Crippen LogP contribution is 2.52. The van der Waals surface area contributed by atoms with Gasteiger partial charge in [-0.05, 0) is 58.7 Å².